The summed E-state index contributed by atoms with van der Waals surface area (Å²) in [4.78, 5) is 51.3. The number of amides is 1. The van der Waals surface area contributed by atoms with Crippen molar-refractivity contribution in [1.82, 2.24) is 9.97 Å². The third-order valence-electron chi connectivity index (χ3n) is 10.3. The first-order valence-electron chi connectivity index (χ1n) is 17.9. The normalized spacial score (nSPS) is 14.0. The highest BCUT2D eigenvalue weighted by molar-refractivity contribution is 6.19. The quantitative estimate of drug-likeness (QED) is 0.0596. The number of aryl methyl sites for hydroxylation is 1. The molecule has 3 aromatic heterocycles. The molecule has 7 aromatic rings. The predicted molar refractivity (Wildman–Crippen MR) is 210 cm³/mol. The Kier molecular flexibility index (Phi) is 9.04. The first-order chi connectivity index (χ1) is 25.7. The van der Waals surface area contributed by atoms with Crippen LogP contribution in [0.2, 0.25) is 0 Å². The van der Waals surface area contributed by atoms with Crippen LogP contribution in [0.15, 0.2) is 95.5 Å². The molecule has 53 heavy (non-hydrogen) atoms. The second-order valence-electron chi connectivity index (χ2n) is 13.6. The number of H-pyrrole nitrogens is 2. The minimum Gasteiger partial charge on any atom is -0.453 e. The Hall–Kier alpha value is -5.80. The van der Waals surface area contributed by atoms with Gasteiger partial charge in [-0.15, -0.1) is 11.6 Å². The molecule has 1 atom stereocenters. The Labute approximate surface area is 311 Å². The van der Waals surface area contributed by atoms with Gasteiger partial charge in [0.05, 0.1) is 17.6 Å². The number of ether oxygens (including phenoxy) is 1. The average Bonchev–Trinajstić information content (AvgIpc) is 3.96. The van der Waals surface area contributed by atoms with Crippen LogP contribution in [0.3, 0.4) is 0 Å². The van der Waals surface area contributed by atoms with E-state index in [4.69, 9.17) is 20.8 Å². The summed E-state index contributed by atoms with van der Waals surface area (Å²) in [5.74, 6) is 0.128. The molecule has 1 aliphatic heterocycles. The van der Waals surface area contributed by atoms with Gasteiger partial charge >= 0.3 is 5.97 Å². The van der Waals surface area contributed by atoms with E-state index in [2.05, 4.69) is 34.8 Å². The lowest BCUT2D eigenvalue weighted by Crippen LogP contribution is -2.30. The molecule has 0 saturated carbocycles. The Bertz CT molecular complexity index is 2530. The van der Waals surface area contributed by atoms with E-state index < -0.39 is 5.97 Å². The number of alkyl halides is 1. The van der Waals surface area contributed by atoms with E-state index in [1.807, 2.05) is 79.9 Å². The number of furan rings is 1. The number of aromatic nitrogens is 2. The maximum Gasteiger partial charge on any atom is 0.315 e. The van der Waals surface area contributed by atoms with Gasteiger partial charge in [-0.25, -0.2) is 0 Å². The van der Waals surface area contributed by atoms with Crippen LogP contribution in [0.25, 0.3) is 32.8 Å². The second-order valence-corrected chi connectivity index (χ2v) is 14.0. The molecule has 0 saturated heterocycles. The lowest BCUT2D eigenvalue weighted by molar-refractivity contribution is -0.133. The largest absolute Gasteiger partial charge is 0.453 e. The number of benzene rings is 4. The molecular formula is C43H39ClN4O5. The number of nitrogens with one attached hydrogen (secondary N) is 2. The van der Waals surface area contributed by atoms with Gasteiger partial charge in [0.25, 0.3) is 5.91 Å². The van der Waals surface area contributed by atoms with Gasteiger partial charge in [-0.05, 0) is 79.4 Å². The van der Waals surface area contributed by atoms with Gasteiger partial charge < -0.3 is 28.9 Å². The molecule has 1 amide bonds. The number of rotatable bonds is 11. The maximum absolute atomic E-state index is 14.3. The van der Waals surface area contributed by atoms with Gasteiger partial charge in [-0.3, -0.25) is 14.4 Å². The summed E-state index contributed by atoms with van der Waals surface area (Å²) in [5, 5.41) is 2.61. The van der Waals surface area contributed by atoms with Crippen molar-refractivity contribution in [2.45, 2.75) is 39.5 Å². The van der Waals surface area contributed by atoms with Crippen molar-refractivity contribution in [2.75, 3.05) is 35.3 Å². The molecule has 4 heterocycles. The molecule has 0 bridgehead atoms. The van der Waals surface area contributed by atoms with E-state index in [1.165, 1.54) is 0 Å². The lowest BCUT2D eigenvalue weighted by atomic mass is 9.96. The highest BCUT2D eigenvalue weighted by Gasteiger charge is 2.37. The van der Waals surface area contributed by atoms with E-state index in [-0.39, 0.29) is 30.4 Å². The average molecular weight is 727 g/mol. The molecule has 0 radical (unpaired) electrons. The van der Waals surface area contributed by atoms with E-state index in [0.29, 0.717) is 46.4 Å². The van der Waals surface area contributed by atoms with Gasteiger partial charge in [0, 0.05) is 83.5 Å². The van der Waals surface area contributed by atoms with Gasteiger partial charge in [0.1, 0.15) is 11.3 Å². The summed E-state index contributed by atoms with van der Waals surface area (Å²) in [7, 11) is 0. The number of carbonyl (C=O) groups excluding carboxylic acids is 3. The van der Waals surface area contributed by atoms with Crippen molar-refractivity contribution in [1.29, 1.82) is 0 Å². The summed E-state index contributed by atoms with van der Waals surface area (Å²) < 4.78 is 12.0. The number of halogens is 1. The van der Waals surface area contributed by atoms with Crippen LogP contribution < -0.4 is 14.5 Å². The highest BCUT2D eigenvalue weighted by Crippen LogP contribution is 2.47. The van der Waals surface area contributed by atoms with E-state index in [0.717, 1.165) is 62.7 Å². The number of fused-ring (bicyclic) bond motifs is 5. The Morgan fingerprint density at radius 1 is 0.925 bits per heavy atom. The van der Waals surface area contributed by atoms with Gasteiger partial charge in [-0.1, -0.05) is 36.4 Å². The second kappa shape index (κ2) is 14.0. The molecular weight excluding hydrogens is 688 g/mol. The molecule has 4 aromatic carbocycles. The molecule has 0 fully saturated rings. The van der Waals surface area contributed by atoms with Crippen molar-refractivity contribution < 1.29 is 23.5 Å². The smallest absolute Gasteiger partial charge is 0.315 e. The van der Waals surface area contributed by atoms with Crippen molar-refractivity contribution in [3.05, 3.63) is 125 Å². The van der Waals surface area contributed by atoms with Crippen LogP contribution in [0, 0.1) is 6.92 Å². The van der Waals surface area contributed by atoms with E-state index in [1.54, 1.807) is 17.0 Å². The number of nitrogens with zero attached hydrogens (tertiary/aromatic N) is 2. The van der Waals surface area contributed by atoms with Crippen molar-refractivity contribution >= 4 is 73.4 Å². The zero-order valence-electron chi connectivity index (χ0n) is 29.8. The summed E-state index contributed by atoms with van der Waals surface area (Å²) >= 11 is 6.53. The minimum atomic E-state index is -0.399. The number of anilines is 2. The fourth-order valence-electron chi connectivity index (χ4n) is 7.60. The highest BCUT2D eigenvalue weighted by atomic mass is 35.5. The molecule has 0 spiro atoms. The van der Waals surface area contributed by atoms with Crippen LogP contribution in [0.5, 0.6) is 5.75 Å². The number of Topliss-reactive ketones (excluding diaryl/α,β-unsaturated/α-hetero) is 1. The number of hydrogen-bond acceptors (Lipinski definition) is 6. The molecule has 9 nitrogen and oxygen atoms in total. The molecule has 0 aliphatic carbocycles. The Balaban J connectivity index is 1.05. The number of ketones is 1. The fourth-order valence-corrected chi connectivity index (χ4v) is 7.85. The third-order valence-corrected chi connectivity index (χ3v) is 10.6. The van der Waals surface area contributed by atoms with Gasteiger partial charge in [0.15, 0.2) is 11.5 Å². The monoisotopic (exact) mass is 726 g/mol. The first-order valence-corrected chi connectivity index (χ1v) is 18.5. The van der Waals surface area contributed by atoms with Crippen LogP contribution in [0.1, 0.15) is 63.1 Å². The third kappa shape index (κ3) is 6.35. The van der Waals surface area contributed by atoms with Crippen LogP contribution in [-0.2, 0) is 17.6 Å². The molecule has 0 unspecified atom stereocenters. The van der Waals surface area contributed by atoms with E-state index >= 15 is 0 Å². The van der Waals surface area contributed by atoms with E-state index in [9.17, 15) is 14.4 Å². The number of carbonyl (C=O) groups is 3. The molecule has 8 rings (SSSR count). The number of esters is 1. The van der Waals surface area contributed by atoms with Crippen LogP contribution in [-0.4, -0.2) is 53.1 Å². The Morgan fingerprint density at radius 2 is 1.74 bits per heavy atom. The SMILES string of the molecule is CCN(CC)c1ccc2cc(C(=O)Cc3ccc4[nH]c(C(=O)N5C[C@@H](CCl)c6c5cc(OC(=O)Cc5ccccc5)c5[nH]cc(C)c65)cc4c3)oc2c1. The van der Waals surface area contributed by atoms with Crippen LogP contribution >= 0.6 is 11.6 Å². The Morgan fingerprint density at radius 3 is 2.51 bits per heavy atom. The number of hydrogen-bond donors (Lipinski definition) is 2. The molecule has 10 heteroatoms. The summed E-state index contributed by atoms with van der Waals surface area (Å²) in [6, 6.07) is 26.6. The topological polar surface area (TPSA) is 112 Å². The van der Waals surface area contributed by atoms with Crippen molar-refractivity contribution in [3.8, 4) is 5.75 Å². The zero-order chi connectivity index (χ0) is 36.8. The molecule has 1 aliphatic rings. The number of aromatic amines is 2. The van der Waals surface area contributed by atoms with Gasteiger partial charge in [-0.2, -0.15) is 0 Å². The maximum atomic E-state index is 14.3. The molecule has 2 N–H and O–H groups in total. The lowest BCUT2D eigenvalue weighted by Gasteiger charge is -2.20. The zero-order valence-corrected chi connectivity index (χ0v) is 30.5. The fraction of sp³-hybridized carbons (Fsp3) is 0.233. The predicted octanol–water partition coefficient (Wildman–Crippen LogP) is 9.11. The minimum absolute atomic E-state index is 0.116. The van der Waals surface area contributed by atoms with Crippen molar-refractivity contribution in [3.63, 3.8) is 0 Å². The summed E-state index contributed by atoms with van der Waals surface area (Å²) in [5.41, 5.74) is 7.88. The van der Waals surface area contributed by atoms with Gasteiger partial charge in [0.2, 0.25) is 5.78 Å². The summed E-state index contributed by atoms with van der Waals surface area (Å²) in [6.45, 7) is 8.35. The first kappa shape index (κ1) is 34.3. The molecule has 268 valence electrons. The summed E-state index contributed by atoms with van der Waals surface area (Å²) in [6.07, 6.45) is 2.15. The van der Waals surface area contributed by atoms with Crippen molar-refractivity contribution in [2.24, 2.45) is 0 Å². The standard InChI is InChI=1S/C43H39ClN4O5/c1-4-47(5-2)31-13-12-28-19-37(52-36(28)20-31)35(49)16-27-11-14-32-29(15-27)18-33(46-32)43(51)48-24-30(22-44)41-34(48)21-38(42-40(41)25(3)23-45-42)53-39(50)17-26-9-7-6-8-10-26/h6-15,18-21,23,30,45-46H,4-5,16-17,22,24H2,1-3H3/t30-/m1/s1. The van der Waals surface area contributed by atoms with Crippen LogP contribution in [0.4, 0.5) is 11.4 Å².